The monoisotopic (exact) mass is 472 g/mol. The Morgan fingerprint density at radius 2 is 1.52 bits per heavy atom. The van der Waals surface area contributed by atoms with Gasteiger partial charge in [0.1, 0.15) is 17.0 Å². The lowest BCUT2D eigenvalue weighted by molar-refractivity contribution is 0.601. The molecule has 2 heterocycles. The van der Waals surface area contributed by atoms with Crippen molar-refractivity contribution < 1.29 is 8.42 Å². The average molecular weight is 473 g/mol. The highest BCUT2D eigenvalue weighted by molar-refractivity contribution is 7.92. The van der Waals surface area contributed by atoms with E-state index in [0.29, 0.717) is 11.5 Å². The van der Waals surface area contributed by atoms with Crippen LogP contribution in [0.15, 0.2) is 96.2 Å². The van der Waals surface area contributed by atoms with Crippen molar-refractivity contribution >= 4 is 48.8 Å². The second-order valence-electron chi connectivity index (χ2n) is 7.54. The van der Waals surface area contributed by atoms with Gasteiger partial charge in [0.05, 0.1) is 10.3 Å². The summed E-state index contributed by atoms with van der Waals surface area (Å²) in [5.41, 5.74) is 3.41. The Hall–Kier alpha value is -3.75. The van der Waals surface area contributed by atoms with Gasteiger partial charge >= 0.3 is 0 Å². The molecule has 0 aliphatic rings. The van der Waals surface area contributed by atoms with Gasteiger partial charge in [-0.05, 0) is 55.0 Å². The first-order valence-electron chi connectivity index (χ1n) is 10.2. The summed E-state index contributed by atoms with van der Waals surface area (Å²) >= 11 is 1.61. The maximum atomic E-state index is 12.6. The Bertz CT molecular complexity index is 1510. The number of sulfonamides is 1. The molecule has 0 fully saturated rings. The normalized spacial score (nSPS) is 11.4. The van der Waals surface area contributed by atoms with Gasteiger partial charge in [0.2, 0.25) is 0 Å². The van der Waals surface area contributed by atoms with Gasteiger partial charge < -0.3 is 5.32 Å². The van der Waals surface area contributed by atoms with Crippen LogP contribution in [0.2, 0.25) is 0 Å². The summed E-state index contributed by atoms with van der Waals surface area (Å²) in [6.07, 6.45) is 1.54. The first-order chi connectivity index (χ1) is 16.0. The number of hydrogen-bond donors (Lipinski definition) is 2. The Labute approximate surface area is 196 Å². The van der Waals surface area contributed by atoms with Crippen molar-refractivity contribution in [1.82, 2.24) is 9.97 Å². The van der Waals surface area contributed by atoms with Crippen LogP contribution in [0.5, 0.6) is 0 Å². The number of hydrogen-bond acceptors (Lipinski definition) is 6. The summed E-state index contributed by atoms with van der Waals surface area (Å²) in [5, 5.41) is 4.25. The molecule has 0 aliphatic heterocycles. The molecule has 164 valence electrons. The highest BCUT2D eigenvalue weighted by Gasteiger charge is 2.14. The van der Waals surface area contributed by atoms with Crippen molar-refractivity contribution in [2.45, 2.75) is 11.8 Å². The number of anilines is 3. The van der Waals surface area contributed by atoms with E-state index >= 15 is 0 Å². The van der Waals surface area contributed by atoms with E-state index in [-0.39, 0.29) is 4.90 Å². The zero-order valence-electron chi connectivity index (χ0n) is 17.7. The molecule has 0 radical (unpaired) electrons. The van der Waals surface area contributed by atoms with Crippen molar-refractivity contribution in [2.24, 2.45) is 0 Å². The minimum Gasteiger partial charge on any atom is -0.340 e. The number of fused-ring (bicyclic) bond motifs is 1. The molecule has 0 amide bonds. The predicted octanol–water partition coefficient (Wildman–Crippen LogP) is 6.21. The van der Waals surface area contributed by atoms with E-state index in [0.717, 1.165) is 31.9 Å². The molecule has 33 heavy (non-hydrogen) atoms. The summed E-state index contributed by atoms with van der Waals surface area (Å²) in [4.78, 5) is 11.1. The first-order valence-corrected chi connectivity index (χ1v) is 12.5. The number of nitrogens with one attached hydrogen (secondary N) is 2. The van der Waals surface area contributed by atoms with Gasteiger partial charge in [-0.2, -0.15) is 0 Å². The molecule has 5 aromatic rings. The van der Waals surface area contributed by atoms with Gasteiger partial charge in [-0.25, -0.2) is 18.4 Å². The molecule has 0 saturated carbocycles. The van der Waals surface area contributed by atoms with E-state index in [4.69, 9.17) is 0 Å². The fraction of sp³-hybridized carbons (Fsp3) is 0.0400. The van der Waals surface area contributed by atoms with Crippen LogP contribution in [0.1, 0.15) is 5.56 Å². The van der Waals surface area contributed by atoms with Crippen LogP contribution in [0.3, 0.4) is 0 Å². The minimum atomic E-state index is -3.64. The van der Waals surface area contributed by atoms with Crippen molar-refractivity contribution in [3.05, 3.63) is 96.8 Å². The molecule has 2 aromatic heterocycles. The van der Waals surface area contributed by atoms with Crippen LogP contribution in [0, 0.1) is 6.92 Å². The smallest absolute Gasteiger partial charge is 0.261 e. The molecule has 8 heteroatoms. The molecule has 2 N–H and O–H groups in total. The summed E-state index contributed by atoms with van der Waals surface area (Å²) in [7, 11) is -3.64. The SMILES string of the molecule is Cc1ccc(S(=O)(=O)Nc2ccc(Nc3ncnc4sc(-c5ccccc5)cc34)cc2)cc1. The van der Waals surface area contributed by atoms with Crippen molar-refractivity contribution in [2.75, 3.05) is 10.0 Å². The number of nitrogens with zero attached hydrogens (tertiary/aromatic N) is 2. The van der Waals surface area contributed by atoms with Gasteiger partial charge in [-0.15, -0.1) is 11.3 Å². The van der Waals surface area contributed by atoms with Crippen LogP contribution < -0.4 is 10.0 Å². The second kappa shape index (κ2) is 8.65. The van der Waals surface area contributed by atoms with Crippen LogP contribution in [0.4, 0.5) is 17.2 Å². The maximum Gasteiger partial charge on any atom is 0.261 e. The second-order valence-corrected chi connectivity index (χ2v) is 10.3. The van der Waals surface area contributed by atoms with Gasteiger partial charge in [0.15, 0.2) is 0 Å². The molecule has 0 saturated heterocycles. The van der Waals surface area contributed by atoms with E-state index in [1.54, 1.807) is 54.1 Å². The summed E-state index contributed by atoms with van der Waals surface area (Å²) in [6, 6.07) is 26.0. The lowest BCUT2D eigenvalue weighted by atomic mass is 10.2. The van der Waals surface area contributed by atoms with Gasteiger partial charge in [-0.1, -0.05) is 48.0 Å². The van der Waals surface area contributed by atoms with Gasteiger partial charge in [0, 0.05) is 16.3 Å². The van der Waals surface area contributed by atoms with E-state index in [1.165, 1.54) is 0 Å². The van der Waals surface area contributed by atoms with Gasteiger partial charge in [-0.3, -0.25) is 4.72 Å². The van der Waals surface area contributed by atoms with E-state index in [2.05, 4.69) is 38.2 Å². The molecule has 0 atom stereocenters. The van der Waals surface area contributed by atoms with Crippen molar-refractivity contribution in [1.29, 1.82) is 0 Å². The Balaban J connectivity index is 1.36. The quantitative estimate of drug-likeness (QED) is 0.307. The number of thiophene rings is 1. The minimum absolute atomic E-state index is 0.227. The lowest BCUT2D eigenvalue weighted by Gasteiger charge is -2.10. The van der Waals surface area contributed by atoms with Gasteiger partial charge in [0.25, 0.3) is 10.0 Å². The topological polar surface area (TPSA) is 84.0 Å². The molecule has 0 spiro atoms. The number of aromatic nitrogens is 2. The molecule has 0 bridgehead atoms. The third kappa shape index (κ3) is 4.57. The number of aryl methyl sites for hydroxylation is 1. The van der Waals surface area contributed by atoms with E-state index < -0.39 is 10.0 Å². The van der Waals surface area contributed by atoms with Crippen LogP contribution >= 0.6 is 11.3 Å². The van der Waals surface area contributed by atoms with E-state index in [9.17, 15) is 8.42 Å². The number of rotatable bonds is 6. The lowest BCUT2D eigenvalue weighted by Crippen LogP contribution is -2.12. The third-order valence-electron chi connectivity index (χ3n) is 5.12. The maximum absolute atomic E-state index is 12.6. The molecule has 5 rings (SSSR count). The zero-order valence-corrected chi connectivity index (χ0v) is 19.3. The predicted molar refractivity (Wildman–Crippen MR) is 135 cm³/mol. The largest absolute Gasteiger partial charge is 0.340 e. The molecule has 0 unspecified atom stereocenters. The fourth-order valence-corrected chi connectivity index (χ4v) is 5.45. The third-order valence-corrected chi connectivity index (χ3v) is 7.61. The summed E-state index contributed by atoms with van der Waals surface area (Å²) < 4.78 is 27.8. The highest BCUT2D eigenvalue weighted by Crippen LogP contribution is 2.35. The average Bonchev–Trinajstić information content (AvgIpc) is 3.27. The van der Waals surface area contributed by atoms with Crippen molar-refractivity contribution in [3.63, 3.8) is 0 Å². The summed E-state index contributed by atoms with van der Waals surface area (Å²) in [5.74, 6) is 0.700. The molecule has 3 aromatic carbocycles. The van der Waals surface area contributed by atoms with Crippen molar-refractivity contribution in [3.8, 4) is 10.4 Å². The molecular weight excluding hydrogens is 452 g/mol. The van der Waals surface area contributed by atoms with E-state index in [1.807, 2.05) is 37.3 Å². The fourth-order valence-electron chi connectivity index (χ4n) is 3.39. The van der Waals surface area contributed by atoms with Crippen LogP contribution in [0.25, 0.3) is 20.7 Å². The molecular formula is C25H20N4O2S2. The summed E-state index contributed by atoms with van der Waals surface area (Å²) in [6.45, 7) is 1.92. The molecule has 6 nitrogen and oxygen atoms in total. The highest BCUT2D eigenvalue weighted by atomic mass is 32.2. The Morgan fingerprint density at radius 1 is 0.818 bits per heavy atom. The Morgan fingerprint density at radius 3 is 2.24 bits per heavy atom. The zero-order chi connectivity index (χ0) is 22.8. The molecule has 0 aliphatic carbocycles. The Kier molecular flexibility index (Phi) is 5.53. The van der Waals surface area contributed by atoms with Crippen LogP contribution in [-0.2, 0) is 10.0 Å². The standard InChI is InChI=1S/C25H20N4O2S2/c1-17-7-13-21(14-8-17)33(30,31)29-20-11-9-19(10-12-20)28-24-22-15-23(18-5-3-2-4-6-18)32-25(22)27-16-26-24/h2-16,29H,1H3,(H,26,27,28). The first kappa shape index (κ1) is 21.1. The number of benzene rings is 3. The van der Waals surface area contributed by atoms with Crippen LogP contribution in [-0.4, -0.2) is 18.4 Å².